The average Bonchev–Trinajstić information content (AvgIpc) is 2.65. The van der Waals surface area contributed by atoms with E-state index in [-0.39, 0.29) is 0 Å². The zero-order chi connectivity index (χ0) is 10.7. The van der Waals surface area contributed by atoms with Gasteiger partial charge in [0.2, 0.25) is 0 Å². The summed E-state index contributed by atoms with van der Waals surface area (Å²) in [5.74, 6) is 0.822. The predicted octanol–water partition coefficient (Wildman–Crippen LogP) is 3.30. The molecule has 3 nitrogen and oxygen atoms in total. The molecule has 0 aliphatic heterocycles. The Morgan fingerprint density at radius 1 is 1.47 bits per heavy atom. The maximum atomic E-state index is 5.67. The molecule has 0 N–H and O–H groups in total. The summed E-state index contributed by atoms with van der Waals surface area (Å²) in [7, 11) is 0. The molecule has 0 amide bonds. The molecule has 2 aromatic rings. The molecule has 0 radical (unpaired) electrons. The molecule has 78 valence electrons. The largest absolute Gasteiger partial charge is 0.425 e. The zero-order valence-corrected chi connectivity index (χ0v) is 10.5. The normalized spacial score (nSPS) is 10.3. The molecule has 0 saturated carbocycles. The Balaban J connectivity index is 2.22. The summed E-state index contributed by atoms with van der Waals surface area (Å²) in [6, 6.07) is 8.54. The van der Waals surface area contributed by atoms with E-state index in [9.17, 15) is 0 Å². The molecule has 0 unspecified atom stereocenters. The molecule has 1 heterocycles. The summed E-state index contributed by atoms with van der Waals surface area (Å²) in [6.45, 7) is 2.92. The summed E-state index contributed by atoms with van der Waals surface area (Å²) in [6.07, 6.45) is 3.65. The molecule has 1 aromatic heterocycles. The van der Waals surface area contributed by atoms with Crippen LogP contribution in [0.15, 0.2) is 36.7 Å². The minimum absolute atomic E-state index is 0.638. The van der Waals surface area contributed by atoms with Crippen molar-refractivity contribution in [2.75, 3.05) is 0 Å². The first-order valence-electron chi connectivity index (χ1n) is 4.74. The van der Waals surface area contributed by atoms with Gasteiger partial charge >= 0.3 is 6.01 Å². The zero-order valence-electron chi connectivity index (χ0n) is 8.35. The lowest BCUT2D eigenvalue weighted by atomic mass is 10.3. The fourth-order valence-corrected chi connectivity index (χ4v) is 1.79. The van der Waals surface area contributed by atoms with Crippen LogP contribution in [0.5, 0.6) is 11.8 Å². The van der Waals surface area contributed by atoms with Crippen LogP contribution in [0.1, 0.15) is 6.92 Å². The molecule has 0 atom stereocenters. The fraction of sp³-hybridized carbons (Fsp3) is 0.182. The maximum Gasteiger partial charge on any atom is 0.301 e. The smallest absolute Gasteiger partial charge is 0.301 e. The van der Waals surface area contributed by atoms with Crippen molar-refractivity contribution in [1.82, 2.24) is 9.55 Å². The van der Waals surface area contributed by atoms with Crippen LogP contribution >= 0.6 is 22.6 Å². The lowest BCUT2D eigenvalue weighted by Crippen LogP contribution is -1.97. The van der Waals surface area contributed by atoms with Crippen LogP contribution < -0.4 is 4.74 Å². The van der Waals surface area contributed by atoms with Gasteiger partial charge in [0.25, 0.3) is 0 Å². The minimum Gasteiger partial charge on any atom is -0.425 e. The van der Waals surface area contributed by atoms with Crippen molar-refractivity contribution < 1.29 is 4.74 Å². The summed E-state index contributed by atoms with van der Waals surface area (Å²) < 4.78 is 8.78. The van der Waals surface area contributed by atoms with Gasteiger partial charge in [0.15, 0.2) is 0 Å². The highest BCUT2D eigenvalue weighted by Crippen LogP contribution is 2.21. The highest BCUT2D eigenvalue weighted by molar-refractivity contribution is 14.1. The molecule has 0 fully saturated rings. The number of nitrogens with zero attached hydrogens (tertiary/aromatic N) is 2. The van der Waals surface area contributed by atoms with Crippen molar-refractivity contribution in [2.45, 2.75) is 13.5 Å². The second kappa shape index (κ2) is 4.65. The van der Waals surface area contributed by atoms with Crippen LogP contribution in [0.25, 0.3) is 0 Å². The fourth-order valence-electron chi connectivity index (χ4n) is 1.28. The Kier molecular flexibility index (Phi) is 3.25. The van der Waals surface area contributed by atoms with Crippen LogP contribution in [0, 0.1) is 3.57 Å². The molecule has 0 aliphatic rings. The summed E-state index contributed by atoms with van der Waals surface area (Å²) in [4.78, 5) is 4.15. The number of rotatable bonds is 3. The Hall–Kier alpha value is -1.04. The van der Waals surface area contributed by atoms with E-state index >= 15 is 0 Å². The van der Waals surface area contributed by atoms with E-state index in [1.807, 2.05) is 35.0 Å². The van der Waals surface area contributed by atoms with Crippen molar-refractivity contribution in [3.8, 4) is 11.8 Å². The van der Waals surface area contributed by atoms with Gasteiger partial charge in [-0.1, -0.05) is 6.07 Å². The number of hydrogen-bond donors (Lipinski definition) is 0. The topological polar surface area (TPSA) is 27.1 Å². The van der Waals surface area contributed by atoms with Crippen LogP contribution in [-0.4, -0.2) is 9.55 Å². The molecular formula is C11H11IN2O. The number of aromatic nitrogens is 2. The van der Waals surface area contributed by atoms with Crippen LogP contribution in [0.2, 0.25) is 0 Å². The van der Waals surface area contributed by atoms with Gasteiger partial charge in [-0.25, -0.2) is 4.98 Å². The first kappa shape index (κ1) is 10.5. The summed E-state index contributed by atoms with van der Waals surface area (Å²) in [5.41, 5.74) is 0. The second-order valence-electron chi connectivity index (χ2n) is 3.06. The van der Waals surface area contributed by atoms with Crippen LogP contribution in [0.3, 0.4) is 0 Å². The Morgan fingerprint density at radius 3 is 3.07 bits per heavy atom. The Bertz CT molecular complexity index is 453. The number of imidazole rings is 1. The second-order valence-corrected chi connectivity index (χ2v) is 4.30. The lowest BCUT2D eigenvalue weighted by Gasteiger charge is -2.06. The van der Waals surface area contributed by atoms with Crippen LogP contribution in [0.4, 0.5) is 0 Å². The SMILES string of the molecule is CCn1ccnc1Oc1cccc(I)c1. The number of aryl methyl sites for hydroxylation is 1. The van der Waals surface area contributed by atoms with Crippen molar-refractivity contribution in [1.29, 1.82) is 0 Å². The minimum atomic E-state index is 0.638. The molecule has 0 bridgehead atoms. The van der Waals surface area contributed by atoms with Crippen molar-refractivity contribution in [2.24, 2.45) is 0 Å². The maximum absolute atomic E-state index is 5.67. The van der Waals surface area contributed by atoms with Gasteiger partial charge in [-0.3, -0.25) is 0 Å². The first-order valence-corrected chi connectivity index (χ1v) is 5.82. The van der Waals surface area contributed by atoms with E-state index in [1.165, 1.54) is 0 Å². The van der Waals surface area contributed by atoms with Gasteiger partial charge in [-0.2, -0.15) is 0 Å². The third-order valence-electron chi connectivity index (χ3n) is 2.02. The highest BCUT2D eigenvalue weighted by Gasteiger charge is 2.03. The third-order valence-corrected chi connectivity index (χ3v) is 2.69. The predicted molar refractivity (Wildman–Crippen MR) is 67.1 cm³/mol. The summed E-state index contributed by atoms with van der Waals surface area (Å²) >= 11 is 2.26. The van der Waals surface area contributed by atoms with Crippen molar-refractivity contribution in [3.63, 3.8) is 0 Å². The van der Waals surface area contributed by atoms with E-state index in [0.29, 0.717) is 6.01 Å². The van der Waals surface area contributed by atoms with Crippen molar-refractivity contribution in [3.05, 3.63) is 40.2 Å². The van der Waals surface area contributed by atoms with Gasteiger partial charge in [0.1, 0.15) is 5.75 Å². The highest BCUT2D eigenvalue weighted by atomic mass is 127. The van der Waals surface area contributed by atoms with Gasteiger partial charge < -0.3 is 9.30 Å². The van der Waals surface area contributed by atoms with E-state index in [2.05, 4.69) is 34.5 Å². The molecule has 15 heavy (non-hydrogen) atoms. The quantitative estimate of drug-likeness (QED) is 0.813. The first-order chi connectivity index (χ1) is 7.29. The number of halogens is 1. The van der Waals surface area contributed by atoms with Gasteiger partial charge in [-0.05, 0) is 47.7 Å². The Morgan fingerprint density at radius 2 is 2.33 bits per heavy atom. The van der Waals surface area contributed by atoms with Gasteiger partial charge in [0.05, 0.1) is 0 Å². The van der Waals surface area contributed by atoms with E-state index in [1.54, 1.807) is 6.20 Å². The molecule has 1 aromatic carbocycles. The monoisotopic (exact) mass is 314 g/mol. The molecular weight excluding hydrogens is 303 g/mol. The summed E-state index contributed by atoms with van der Waals surface area (Å²) in [5, 5.41) is 0. The van der Waals surface area contributed by atoms with Gasteiger partial charge in [0, 0.05) is 22.5 Å². The molecule has 4 heteroatoms. The number of benzene rings is 1. The van der Waals surface area contributed by atoms with E-state index in [4.69, 9.17) is 4.74 Å². The van der Waals surface area contributed by atoms with E-state index < -0.39 is 0 Å². The van der Waals surface area contributed by atoms with Crippen molar-refractivity contribution >= 4 is 22.6 Å². The molecule has 0 spiro atoms. The molecule has 0 saturated heterocycles. The molecule has 2 rings (SSSR count). The average molecular weight is 314 g/mol. The lowest BCUT2D eigenvalue weighted by molar-refractivity contribution is 0.415. The number of hydrogen-bond acceptors (Lipinski definition) is 2. The Labute approximate surface area is 102 Å². The van der Waals surface area contributed by atoms with Crippen LogP contribution in [-0.2, 0) is 6.54 Å². The standard InChI is InChI=1S/C11H11IN2O/c1-2-14-7-6-13-11(14)15-10-5-3-4-9(12)8-10/h3-8H,2H2,1H3. The molecule has 0 aliphatic carbocycles. The van der Waals surface area contributed by atoms with Gasteiger partial charge in [-0.15, -0.1) is 0 Å². The van der Waals surface area contributed by atoms with E-state index in [0.717, 1.165) is 15.9 Å². The number of ether oxygens (including phenoxy) is 1. The third kappa shape index (κ3) is 2.50.